The average Bonchev–Trinajstić information content (AvgIpc) is 3.35. The average molecular weight is 344 g/mol. The standard InChI is InChI=1S/C19H22BrN/c1-2-19(15-9-11-17(20)12-10-15)21-13-16-5-3-4-6-18(16)14-7-8-14/h3-6,9-12,14,19,21H,2,7-8,13H2,1H3. The van der Waals surface area contributed by atoms with E-state index in [-0.39, 0.29) is 0 Å². The lowest BCUT2D eigenvalue weighted by Gasteiger charge is -2.19. The molecule has 0 aromatic heterocycles. The van der Waals surface area contributed by atoms with E-state index in [0.717, 1.165) is 23.4 Å². The molecule has 1 atom stereocenters. The number of hydrogen-bond acceptors (Lipinski definition) is 1. The fourth-order valence-corrected chi connectivity index (χ4v) is 3.18. The highest BCUT2D eigenvalue weighted by Gasteiger charge is 2.25. The quantitative estimate of drug-likeness (QED) is 0.723. The molecule has 0 radical (unpaired) electrons. The van der Waals surface area contributed by atoms with Gasteiger partial charge in [0, 0.05) is 17.1 Å². The molecule has 0 saturated heterocycles. The van der Waals surface area contributed by atoms with E-state index in [4.69, 9.17) is 0 Å². The molecule has 0 aliphatic heterocycles. The molecule has 21 heavy (non-hydrogen) atoms. The summed E-state index contributed by atoms with van der Waals surface area (Å²) in [5.41, 5.74) is 4.39. The van der Waals surface area contributed by atoms with E-state index in [9.17, 15) is 0 Å². The highest BCUT2D eigenvalue weighted by atomic mass is 79.9. The van der Waals surface area contributed by atoms with Crippen molar-refractivity contribution in [1.29, 1.82) is 0 Å². The fourth-order valence-electron chi connectivity index (χ4n) is 2.91. The van der Waals surface area contributed by atoms with Gasteiger partial charge >= 0.3 is 0 Å². The molecular weight excluding hydrogens is 322 g/mol. The molecule has 0 spiro atoms. The van der Waals surface area contributed by atoms with E-state index >= 15 is 0 Å². The van der Waals surface area contributed by atoms with Crippen molar-refractivity contribution >= 4 is 15.9 Å². The van der Waals surface area contributed by atoms with Crippen molar-refractivity contribution < 1.29 is 0 Å². The Morgan fingerprint density at radius 3 is 2.48 bits per heavy atom. The Bertz CT molecular complexity index is 587. The van der Waals surface area contributed by atoms with E-state index in [1.165, 1.54) is 24.0 Å². The van der Waals surface area contributed by atoms with Gasteiger partial charge in [-0.3, -0.25) is 0 Å². The van der Waals surface area contributed by atoms with Crippen LogP contribution in [0.5, 0.6) is 0 Å². The summed E-state index contributed by atoms with van der Waals surface area (Å²) in [4.78, 5) is 0. The molecule has 2 aromatic rings. The van der Waals surface area contributed by atoms with Crippen LogP contribution >= 0.6 is 15.9 Å². The number of rotatable bonds is 6. The van der Waals surface area contributed by atoms with Gasteiger partial charge in [-0.2, -0.15) is 0 Å². The second-order valence-corrected chi connectivity index (χ2v) is 6.78. The van der Waals surface area contributed by atoms with Crippen LogP contribution in [-0.2, 0) is 6.54 Å². The topological polar surface area (TPSA) is 12.0 Å². The normalized spacial score (nSPS) is 15.9. The van der Waals surface area contributed by atoms with E-state index < -0.39 is 0 Å². The van der Waals surface area contributed by atoms with Gasteiger partial charge in [0.25, 0.3) is 0 Å². The van der Waals surface area contributed by atoms with Gasteiger partial charge < -0.3 is 5.32 Å². The molecule has 1 unspecified atom stereocenters. The minimum atomic E-state index is 0.422. The lowest BCUT2D eigenvalue weighted by Crippen LogP contribution is -2.20. The van der Waals surface area contributed by atoms with Crippen molar-refractivity contribution in [1.82, 2.24) is 5.32 Å². The summed E-state index contributed by atoms with van der Waals surface area (Å²) in [6.45, 7) is 3.20. The minimum absolute atomic E-state index is 0.422. The second-order valence-electron chi connectivity index (χ2n) is 5.87. The SMILES string of the molecule is CCC(NCc1ccccc1C1CC1)c1ccc(Br)cc1. The van der Waals surface area contributed by atoms with Crippen LogP contribution in [0.3, 0.4) is 0 Å². The summed E-state index contributed by atoms with van der Waals surface area (Å²) in [6, 6.07) is 18.0. The first-order valence-electron chi connectivity index (χ1n) is 7.84. The second kappa shape index (κ2) is 6.76. The van der Waals surface area contributed by atoms with Crippen LogP contribution in [0.1, 0.15) is 54.8 Å². The lowest BCUT2D eigenvalue weighted by atomic mass is 10.0. The van der Waals surface area contributed by atoms with Gasteiger partial charge in [0.05, 0.1) is 0 Å². The molecule has 2 aromatic carbocycles. The zero-order chi connectivity index (χ0) is 14.7. The van der Waals surface area contributed by atoms with Crippen LogP contribution in [0, 0.1) is 0 Å². The summed E-state index contributed by atoms with van der Waals surface area (Å²) < 4.78 is 1.14. The molecule has 3 rings (SSSR count). The van der Waals surface area contributed by atoms with E-state index in [1.807, 2.05) is 0 Å². The summed E-state index contributed by atoms with van der Waals surface area (Å²) >= 11 is 3.50. The van der Waals surface area contributed by atoms with Gasteiger partial charge in [0.2, 0.25) is 0 Å². The van der Waals surface area contributed by atoms with Gasteiger partial charge in [-0.05, 0) is 54.0 Å². The maximum atomic E-state index is 3.73. The zero-order valence-electron chi connectivity index (χ0n) is 12.5. The molecule has 1 aliphatic rings. The van der Waals surface area contributed by atoms with Crippen LogP contribution in [0.4, 0.5) is 0 Å². The first-order chi connectivity index (χ1) is 10.3. The van der Waals surface area contributed by atoms with Crippen molar-refractivity contribution in [2.45, 2.75) is 44.7 Å². The van der Waals surface area contributed by atoms with Crippen LogP contribution in [-0.4, -0.2) is 0 Å². The number of halogens is 1. The Kier molecular flexibility index (Phi) is 4.77. The molecule has 0 heterocycles. The number of benzene rings is 2. The summed E-state index contributed by atoms with van der Waals surface area (Å²) in [5, 5.41) is 3.73. The number of nitrogens with one attached hydrogen (secondary N) is 1. The van der Waals surface area contributed by atoms with Gasteiger partial charge in [0.1, 0.15) is 0 Å². The molecule has 1 aliphatic carbocycles. The van der Waals surface area contributed by atoms with Crippen LogP contribution in [0.25, 0.3) is 0 Å². The highest BCUT2D eigenvalue weighted by molar-refractivity contribution is 9.10. The third-order valence-electron chi connectivity index (χ3n) is 4.29. The van der Waals surface area contributed by atoms with Crippen molar-refractivity contribution in [3.8, 4) is 0 Å². The van der Waals surface area contributed by atoms with Crippen LogP contribution in [0.15, 0.2) is 53.0 Å². The van der Waals surface area contributed by atoms with Crippen molar-refractivity contribution in [3.63, 3.8) is 0 Å². The highest BCUT2D eigenvalue weighted by Crippen LogP contribution is 2.41. The summed E-state index contributed by atoms with van der Waals surface area (Å²) in [5.74, 6) is 0.816. The smallest absolute Gasteiger partial charge is 0.0320 e. The third kappa shape index (κ3) is 3.75. The lowest BCUT2D eigenvalue weighted by molar-refractivity contribution is 0.517. The molecular formula is C19H22BrN. The maximum absolute atomic E-state index is 3.73. The third-order valence-corrected chi connectivity index (χ3v) is 4.82. The molecule has 1 N–H and O–H groups in total. The van der Waals surface area contributed by atoms with Crippen molar-refractivity contribution in [3.05, 3.63) is 69.7 Å². The first-order valence-corrected chi connectivity index (χ1v) is 8.64. The summed E-state index contributed by atoms with van der Waals surface area (Å²) in [6.07, 6.45) is 3.83. The van der Waals surface area contributed by atoms with Crippen molar-refractivity contribution in [2.24, 2.45) is 0 Å². The van der Waals surface area contributed by atoms with Gasteiger partial charge in [0.15, 0.2) is 0 Å². The maximum Gasteiger partial charge on any atom is 0.0320 e. The molecule has 0 amide bonds. The summed E-state index contributed by atoms with van der Waals surface area (Å²) in [7, 11) is 0. The molecule has 0 bridgehead atoms. The van der Waals surface area contributed by atoms with Gasteiger partial charge in [-0.25, -0.2) is 0 Å². The number of hydrogen-bond donors (Lipinski definition) is 1. The Balaban J connectivity index is 1.69. The molecule has 1 fully saturated rings. The molecule has 1 saturated carbocycles. The van der Waals surface area contributed by atoms with Crippen LogP contribution in [0.2, 0.25) is 0 Å². The molecule has 110 valence electrons. The Hall–Kier alpha value is -1.12. The largest absolute Gasteiger partial charge is 0.306 e. The molecule has 2 heteroatoms. The predicted octanol–water partition coefficient (Wildman–Crippen LogP) is 5.57. The van der Waals surface area contributed by atoms with E-state index in [1.54, 1.807) is 5.56 Å². The van der Waals surface area contributed by atoms with Crippen LogP contribution < -0.4 is 5.32 Å². The Morgan fingerprint density at radius 1 is 1.10 bits per heavy atom. The van der Waals surface area contributed by atoms with E-state index in [2.05, 4.69) is 76.7 Å². The zero-order valence-corrected chi connectivity index (χ0v) is 14.1. The molecule has 1 nitrogen and oxygen atoms in total. The van der Waals surface area contributed by atoms with Gasteiger partial charge in [-0.1, -0.05) is 59.3 Å². The Labute approximate surface area is 135 Å². The monoisotopic (exact) mass is 343 g/mol. The van der Waals surface area contributed by atoms with E-state index in [0.29, 0.717) is 6.04 Å². The van der Waals surface area contributed by atoms with Gasteiger partial charge in [-0.15, -0.1) is 0 Å². The van der Waals surface area contributed by atoms with Crippen molar-refractivity contribution in [2.75, 3.05) is 0 Å². The minimum Gasteiger partial charge on any atom is -0.306 e. The Morgan fingerprint density at radius 2 is 1.81 bits per heavy atom. The predicted molar refractivity (Wildman–Crippen MR) is 92.4 cm³/mol. The first kappa shape index (κ1) is 14.8. The fraction of sp³-hybridized carbons (Fsp3) is 0.368.